The van der Waals surface area contributed by atoms with Crippen molar-refractivity contribution >= 4 is 11.9 Å². The largest absolute Gasteiger partial charge is 0.468 e. The highest BCUT2D eigenvalue weighted by molar-refractivity contribution is 5.80. The summed E-state index contributed by atoms with van der Waals surface area (Å²) in [7, 11) is 1.35. The van der Waals surface area contributed by atoms with Crippen molar-refractivity contribution in [1.82, 2.24) is 9.80 Å². The van der Waals surface area contributed by atoms with Crippen LogP contribution >= 0.6 is 0 Å². The normalized spacial score (nSPS) is 16.3. The van der Waals surface area contributed by atoms with Crippen LogP contribution in [0.4, 0.5) is 0 Å². The van der Waals surface area contributed by atoms with Crippen molar-refractivity contribution in [3.8, 4) is 0 Å². The Morgan fingerprint density at radius 2 is 1.86 bits per heavy atom. The Bertz CT molecular complexity index is 496. The molecule has 0 spiro atoms. The Morgan fingerprint density at radius 3 is 2.41 bits per heavy atom. The lowest BCUT2D eigenvalue weighted by Crippen LogP contribution is -2.48. The van der Waals surface area contributed by atoms with Gasteiger partial charge in [0.05, 0.1) is 7.11 Å². The molecule has 1 fully saturated rings. The lowest BCUT2D eigenvalue weighted by Gasteiger charge is -2.37. The molecule has 1 aromatic rings. The van der Waals surface area contributed by atoms with Gasteiger partial charge in [-0.05, 0) is 18.4 Å². The van der Waals surface area contributed by atoms with Crippen LogP contribution in [0.25, 0.3) is 0 Å². The maximum atomic E-state index is 11.8. The summed E-state index contributed by atoms with van der Waals surface area (Å²) in [6, 6.07) is 10.5. The van der Waals surface area contributed by atoms with Crippen LogP contribution in [-0.2, 0) is 20.9 Å². The fraction of sp³-hybridized carbons (Fsp3) is 0.529. The van der Waals surface area contributed by atoms with Gasteiger partial charge in [0.15, 0.2) is 0 Å². The van der Waals surface area contributed by atoms with Crippen LogP contribution in [0, 0.1) is 0 Å². The predicted molar refractivity (Wildman–Crippen MR) is 84.1 cm³/mol. The van der Waals surface area contributed by atoms with E-state index in [1.807, 2.05) is 6.07 Å². The van der Waals surface area contributed by atoms with E-state index in [9.17, 15) is 9.59 Å². The van der Waals surface area contributed by atoms with Gasteiger partial charge in [0.1, 0.15) is 6.54 Å². The molecule has 5 nitrogen and oxygen atoms in total. The number of likely N-dealkylation sites (tertiary alicyclic amines) is 1. The molecule has 1 saturated heterocycles. The minimum atomic E-state index is -0.359. The van der Waals surface area contributed by atoms with Gasteiger partial charge in [0.25, 0.3) is 0 Å². The second kappa shape index (κ2) is 7.94. The van der Waals surface area contributed by atoms with Crippen molar-refractivity contribution in [2.45, 2.75) is 32.4 Å². The molecule has 1 heterocycles. The highest BCUT2D eigenvalue weighted by Gasteiger charge is 2.27. The summed E-state index contributed by atoms with van der Waals surface area (Å²) in [6.45, 7) is 4.37. The predicted octanol–water partition coefficient (Wildman–Crippen LogP) is 1.67. The third-order valence-corrected chi connectivity index (χ3v) is 4.18. The first-order valence-electron chi connectivity index (χ1n) is 7.70. The number of methoxy groups -OCH3 is 1. The van der Waals surface area contributed by atoms with Gasteiger partial charge >= 0.3 is 5.97 Å². The van der Waals surface area contributed by atoms with Crippen LogP contribution in [0.15, 0.2) is 30.3 Å². The molecule has 0 aliphatic carbocycles. The number of rotatable bonds is 5. The maximum Gasteiger partial charge on any atom is 0.325 e. The van der Waals surface area contributed by atoms with Gasteiger partial charge in [-0.2, -0.15) is 0 Å². The standard InChI is InChI=1S/C17H24N2O3/c1-14(20)19(13-17(21)22-2)16-8-10-18(11-9-16)12-15-6-4-3-5-7-15/h3-7,16H,8-13H2,1-2H3. The molecule has 0 radical (unpaired) electrons. The van der Waals surface area contributed by atoms with Gasteiger partial charge in [-0.25, -0.2) is 0 Å². The fourth-order valence-corrected chi connectivity index (χ4v) is 2.93. The minimum absolute atomic E-state index is 0.0508. The van der Waals surface area contributed by atoms with Gasteiger partial charge in [0.2, 0.25) is 5.91 Å². The molecular weight excluding hydrogens is 280 g/mol. The van der Waals surface area contributed by atoms with E-state index in [1.165, 1.54) is 19.6 Å². The van der Waals surface area contributed by atoms with Crippen LogP contribution in [0.2, 0.25) is 0 Å². The topological polar surface area (TPSA) is 49.9 Å². The number of carbonyl (C=O) groups excluding carboxylic acids is 2. The second-order valence-electron chi connectivity index (χ2n) is 5.72. The highest BCUT2D eigenvalue weighted by atomic mass is 16.5. The van der Waals surface area contributed by atoms with Gasteiger partial charge in [0, 0.05) is 32.6 Å². The molecular formula is C17H24N2O3. The van der Waals surface area contributed by atoms with E-state index in [0.717, 1.165) is 32.5 Å². The zero-order chi connectivity index (χ0) is 15.9. The highest BCUT2D eigenvalue weighted by Crippen LogP contribution is 2.18. The number of ether oxygens (including phenoxy) is 1. The van der Waals surface area contributed by atoms with Crippen molar-refractivity contribution in [2.75, 3.05) is 26.7 Å². The minimum Gasteiger partial charge on any atom is -0.468 e. The molecule has 1 aliphatic heterocycles. The van der Waals surface area contributed by atoms with Crippen molar-refractivity contribution in [3.05, 3.63) is 35.9 Å². The first-order chi connectivity index (χ1) is 10.6. The van der Waals surface area contributed by atoms with Crippen LogP contribution in [-0.4, -0.2) is 54.5 Å². The molecule has 1 aliphatic rings. The average molecular weight is 304 g/mol. The van der Waals surface area contributed by atoms with Gasteiger partial charge in [-0.3, -0.25) is 14.5 Å². The Balaban J connectivity index is 1.87. The zero-order valence-corrected chi connectivity index (χ0v) is 13.3. The molecule has 1 amide bonds. The Morgan fingerprint density at radius 1 is 1.23 bits per heavy atom. The third-order valence-electron chi connectivity index (χ3n) is 4.18. The Labute approximate surface area is 131 Å². The van der Waals surface area contributed by atoms with E-state index in [4.69, 9.17) is 0 Å². The van der Waals surface area contributed by atoms with Gasteiger partial charge in [-0.1, -0.05) is 30.3 Å². The van der Waals surface area contributed by atoms with E-state index in [1.54, 1.807) is 4.90 Å². The summed E-state index contributed by atoms with van der Waals surface area (Å²) >= 11 is 0. The Kier molecular flexibility index (Phi) is 5.95. The van der Waals surface area contributed by atoms with E-state index >= 15 is 0 Å². The summed E-state index contributed by atoms with van der Waals surface area (Å²) in [6.07, 6.45) is 1.78. The maximum absolute atomic E-state index is 11.8. The summed E-state index contributed by atoms with van der Waals surface area (Å²) < 4.78 is 4.68. The molecule has 0 saturated carbocycles. The smallest absolute Gasteiger partial charge is 0.325 e. The number of esters is 1. The van der Waals surface area contributed by atoms with Crippen LogP contribution in [0.5, 0.6) is 0 Å². The van der Waals surface area contributed by atoms with Crippen molar-refractivity contribution in [1.29, 1.82) is 0 Å². The summed E-state index contributed by atoms with van der Waals surface area (Å²) in [5, 5.41) is 0. The fourth-order valence-electron chi connectivity index (χ4n) is 2.93. The van der Waals surface area contributed by atoms with E-state index < -0.39 is 0 Å². The monoisotopic (exact) mass is 304 g/mol. The first kappa shape index (κ1) is 16.5. The van der Waals surface area contributed by atoms with E-state index in [2.05, 4.69) is 33.9 Å². The van der Waals surface area contributed by atoms with Crippen molar-refractivity contribution in [3.63, 3.8) is 0 Å². The van der Waals surface area contributed by atoms with Crippen LogP contribution in [0.1, 0.15) is 25.3 Å². The summed E-state index contributed by atoms with van der Waals surface area (Å²) in [4.78, 5) is 27.3. The van der Waals surface area contributed by atoms with Crippen molar-refractivity contribution < 1.29 is 14.3 Å². The third kappa shape index (κ3) is 4.56. The number of amides is 1. The molecule has 0 bridgehead atoms. The SMILES string of the molecule is COC(=O)CN(C(C)=O)C1CCN(Cc2ccccc2)CC1. The van der Waals surface area contributed by atoms with Gasteiger partial charge < -0.3 is 9.64 Å². The van der Waals surface area contributed by atoms with Crippen LogP contribution < -0.4 is 0 Å². The number of piperidine rings is 1. The molecule has 1 aromatic carbocycles. The summed E-state index contributed by atoms with van der Waals surface area (Å²) in [5.74, 6) is -0.422. The number of nitrogens with zero attached hydrogens (tertiary/aromatic N) is 2. The van der Waals surface area contributed by atoms with Crippen LogP contribution in [0.3, 0.4) is 0 Å². The number of carbonyl (C=O) groups is 2. The molecule has 22 heavy (non-hydrogen) atoms. The number of hydrogen-bond donors (Lipinski definition) is 0. The van der Waals surface area contributed by atoms with E-state index in [-0.39, 0.29) is 24.5 Å². The van der Waals surface area contributed by atoms with Gasteiger partial charge in [-0.15, -0.1) is 0 Å². The lowest BCUT2D eigenvalue weighted by atomic mass is 10.0. The zero-order valence-electron chi connectivity index (χ0n) is 13.3. The molecule has 0 N–H and O–H groups in total. The molecule has 5 heteroatoms. The molecule has 0 atom stereocenters. The quantitative estimate of drug-likeness (QED) is 0.777. The van der Waals surface area contributed by atoms with E-state index in [0.29, 0.717) is 0 Å². The average Bonchev–Trinajstić information content (AvgIpc) is 2.54. The van der Waals surface area contributed by atoms with Crippen molar-refractivity contribution in [2.24, 2.45) is 0 Å². The lowest BCUT2D eigenvalue weighted by molar-refractivity contribution is -0.148. The molecule has 0 aromatic heterocycles. The first-order valence-corrected chi connectivity index (χ1v) is 7.70. The summed E-state index contributed by atoms with van der Waals surface area (Å²) in [5.41, 5.74) is 1.30. The second-order valence-corrected chi connectivity index (χ2v) is 5.72. The Hall–Kier alpha value is -1.88. The molecule has 0 unspecified atom stereocenters. The molecule has 120 valence electrons. The number of hydrogen-bond acceptors (Lipinski definition) is 4. The number of benzene rings is 1. The molecule has 2 rings (SSSR count).